The lowest BCUT2D eigenvalue weighted by Crippen LogP contribution is -2.50. The van der Waals surface area contributed by atoms with E-state index in [2.05, 4.69) is 6.07 Å². The van der Waals surface area contributed by atoms with Crippen LogP contribution in [-0.4, -0.2) is 23.6 Å². The van der Waals surface area contributed by atoms with E-state index in [-0.39, 0.29) is 5.41 Å². The van der Waals surface area contributed by atoms with Crippen LogP contribution < -0.4 is 4.74 Å². The number of ether oxygens (including phenoxy) is 1. The minimum atomic E-state index is -0.0951. The quantitative estimate of drug-likeness (QED) is 0.579. The Bertz CT molecular complexity index is 974. The number of nitrogens with zero attached hydrogens (tertiary/aromatic N) is 2. The van der Waals surface area contributed by atoms with E-state index >= 15 is 0 Å². The topological polar surface area (TPSA) is 63.0 Å². The molecule has 2 aromatic rings. The van der Waals surface area contributed by atoms with Crippen LogP contribution in [0.4, 0.5) is 0 Å². The number of nitriles is 1. The number of hydrogen-bond acceptors (Lipinski definition) is 5. The molecule has 30 heavy (non-hydrogen) atoms. The van der Waals surface area contributed by atoms with Gasteiger partial charge < -0.3 is 4.74 Å². The monoisotopic (exact) mass is 418 g/mol. The zero-order valence-electron chi connectivity index (χ0n) is 17.3. The van der Waals surface area contributed by atoms with Crippen LogP contribution in [0.2, 0.25) is 0 Å². The molecule has 4 saturated carbocycles. The van der Waals surface area contributed by atoms with Gasteiger partial charge in [0.1, 0.15) is 22.6 Å². The number of thioether (sulfide) groups is 1. The van der Waals surface area contributed by atoms with Crippen LogP contribution in [0.15, 0.2) is 41.4 Å². The highest BCUT2D eigenvalue weighted by Crippen LogP contribution is 2.60. The standard InChI is InChI=1S/C25H26N2O2S/c1-29-21-5-2-19(3-6-21)22-7-4-20(14-26)24(27-22)30-15-23(28)25-11-16-8-17(12-25)10-18(9-16)13-25/h2-7,16-18H,8-13,15H2,1H3. The van der Waals surface area contributed by atoms with Gasteiger partial charge in [-0.1, -0.05) is 11.8 Å². The number of hydrogen-bond donors (Lipinski definition) is 0. The molecular formula is C25H26N2O2S. The molecule has 4 aliphatic carbocycles. The summed E-state index contributed by atoms with van der Waals surface area (Å²) in [6, 6.07) is 13.6. The van der Waals surface area contributed by atoms with Crippen molar-refractivity contribution in [2.45, 2.75) is 43.6 Å². The maximum Gasteiger partial charge on any atom is 0.149 e. The summed E-state index contributed by atoms with van der Waals surface area (Å²) >= 11 is 1.44. The maximum absolute atomic E-state index is 13.3. The van der Waals surface area contributed by atoms with Gasteiger partial charge in [0.2, 0.25) is 0 Å². The molecule has 0 unspecified atom stereocenters. The Balaban J connectivity index is 1.34. The van der Waals surface area contributed by atoms with Crippen LogP contribution in [0.25, 0.3) is 11.3 Å². The first-order chi connectivity index (χ1) is 14.6. The second kappa shape index (κ2) is 7.74. The SMILES string of the molecule is COc1ccc(-c2ccc(C#N)c(SCC(=O)C34CC5CC(CC(C5)C3)C4)n2)cc1. The van der Waals surface area contributed by atoms with E-state index in [1.165, 1.54) is 31.0 Å². The van der Waals surface area contributed by atoms with Crippen molar-refractivity contribution in [2.75, 3.05) is 12.9 Å². The second-order valence-corrected chi connectivity index (χ2v) is 10.3. The van der Waals surface area contributed by atoms with Crippen LogP contribution >= 0.6 is 11.8 Å². The van der Waals surface area contributed by atoms with Crippen molar-refractivity contribution >= 4 is 17.5 Å². The normalized spacial score (nSPS) is 28.9. The third-order valence-corrected chi connectivity index (χ3v) is 8.33. The fourth-order valence-electron chi connectivity index (χ4n) is 6.30. The first kappa shape index (κ1) is 19.6. The molecule has 1 heterocycles. The summed E-state index contributed by atoms with van der Waals surface area (Å²) in [5, 5.41) is 10.2. The Kier molecular flexibility index (Phi) is 5.06. The summed E-state index contributed by atoms with van der Waals surface area (Å²) in [6.07, 6.45) is 7.27. The summed E-state index contributed by atoms with van der Waals surface area (Å²) in [5.74, 6) is 3.87. The lowest BCUT2D eigenvalue weighted by molar-refractivity contribution is -0.141. The van der Waals surface area contributed by atoms with Gasteiger partial charge in [0.25, 0.3) is 0 Å². The summed E-state index contributed by atoms with van der Waals surface area (Å²) in [4.78, 5) is 18.1. The molecule has 0 amide bonds. The minimum Gasteiger partial charge on any atom is -0.497 e. The van der Waals surface area contributed by atoms with Crippen molar-refractivity contribution in [1.82, 2.24) is 4.98 Å². The average Bonchev–Trinajstić information content (AvgIpc) is 2.76. The molecule has 0 spiro atoms. The molecule has 0 aliphatic heterocycles. The molecule has 4 fully saturated rings. The number of benzene rings is 1. The highest BCUT2D eigenvalue weighted by molar-refractivity contribution is 8.00. The van der Waals surface area contributed by atoms with Crippen LogP contribution in [0.3, 0.4) is 0 Å². The van der Waals surface area contributed by atoms with E-state index in [1.807, 2.05) is 36.4 Å². The molecule has 4 bridgehead atoms. The molecule has 0 N–H and O–H groups in total. The highest BCUT2D eigenvalue weighted by Gasteiger charge is 2.54. The Morgan fingerprint density at radius 2 is 1.73 bits per heavy atom. The second-order valence-electron chi connectivity index (χ2n) is 9.30. The van der Waals surface area contributed by atoms with Gasteiger partial charge in [-0.05, 0) is 92.7 Å². The minimum absolute atomic E-state index is 0.0951. The molecule has 154 valence electrons. The lowest BCUT2D eigenvalue weighted by Gasteiger charge is -2.56. The van der Waals surface area contributed by atoms with E-state index < -0.39 is 0 Å². The molecular weight excluding hydrogens is 392 g/mol. The van der Waals surface area contributed by atoms with Crippen molar-refractivity contribution < 1.29 is 9.53 Å². The fraction of sp³-hybridized carbons (Fsp3) is 0.480. The third kappa shape index (κ3) is 3.52. The summed E-state index contributed by atoms with van der Waals surface area (Å²) in [7, 11) is 1.64. The smallest absolute Gasteiger partial charge is 0.149 e. The number of rotatable bonds is 6. The number of pyridine rings is 1. The van der Waals surface area contributed by atoms with Crippen LogP contribution in [0, 0.1) is 34.5 Å². The van der Waals surface area contributed by atoms with Gasteiger partial charge in [-0.3, -0.25) is 4.79 Å². The zero-order chi connectivity index (χ0) is 20.7. The molecule has 0 radical (unpaired) electrons. The number of aromatic nitrogens is 1. The summed E-state index contributed by atoms with van der Waals surface area (Å²) in [6.45, 7) is 0. The van der Waals surface area contributed by atoms with E-state index in [1.54, 1.807) is 7.11 Å². The van der Waals surface area contributed by atoms with Gasteiger partial charge >= 0.3 is 0 Å². The van der Waals surface area contributed by atoms with Gasteiger partial charge in [0.05, 0.1) is 24.1 Å². The van der Waals surface area contributed by atoms with Crippen molar-refractivity contribution in [2.24, 2.45) is 23.2 Å². The molecule has 1 aromatic heterocycles. The van der Waals surface area contributed by atoms with Crippen LogP contribution in [-0.2, 0) is 4.79 Å². The van der Waals surface area contributed by atoms with Crippen molar-refractivity contribution in [1.29, 1.82) is 5.26 Å². The van der Waals surface area contributed by atoms with Crippen LogP contribution in [0.5, 0.6) is 5.75 Å². The predicted octanol–water partition coefficient (Wildman–Crippen LogP) is 5.51. The highest BCUT2D eigenvalue weighted by atomic mass is 32.2. The molecule has 4 nitrogen and oxygen atoms in total. The zero-order valence-corrected chi connectivity index (χ0v) is 18.1. The fourth-order valence-corrected chi connectivity index (χ4v) is 7.30. The Labute approximate surface area is 182 Å². The Hall–Kier alpha value is -2.32. The van der Waals surface area contributed by atoms with Crippen molar-refractivity contribution in [3.63, 3.8) is 0 Å². The molecule has 1 aromatic carbocycles. The van der Waals surface area contributed by atoms with Gasteiger partial charge in [0.15, 0.2) is 0 Å². The summed E-state index contributed by atoms with van der Waals surface area (Å²) in [5.41, 5.74) is 2.22. The third-order valence-electron chi connectivity index (χ3n) is 7.34. The van der Waals surface area contributed by atoms with E-state index in [9.17, 15) is 10.1 Å². The van der Waals surface area contributed by atoms with E-state index in [4.69, 9.17) is 9.72 Å². The van der Waals surface area contributed by atoms with E-state index in [0.717, 1.165) is 54.0 Å². The van der Waals surface area contributed by atoms with Crippen LogP contribution in [0.1, 0.15) is 44.1 Å². The first-order valence-corrected chi connectivity index (χ1v) is 11.8. The molecule has 0 saturated heterocycles. The largest absolute Gasteiger partial charge is 0.497 e. The average molecular weight is 419 g/mol. The lowest BCUT2D eigenvalue weighted by atomic mass is 9.48. The van der Waals surface area contributed by atoms with E-state index in [0.29, 0.717) is 22.1 Å². The van der Waals surface area contributed by atoms with Crippen molar-refractivity contribution in [3.8, 4) is 23.1 Å². The molecule has 0 atom stereocenters. The summed E-state index contributed by atoms with van der Waals surface area (Å²) < 4.78 is 5.23. The van der Waals surface area contributed by atoms with Gasteiger partial charge in [-0.25, -0.2) is 4.98 Å². The number of carbonyl (C=O) groups is 1. The number of ketones is 1. The van der Waals surface area contributed by atoms with Gasteiger partial charge in [-0.15, -0.1) is 0 Å². The van der Waals surface area contributed by atoms with Crippen molar-refractivity contribution in [3.05, 3.63) is 42.0 Å². The molecule has 5 heteroatoms. The Morgan fingerprint density at radius 3 is 2.30 bits per heavy atom. The maximum atomic E-state index is 13.3. The number of carbonyl (C=O) groups excluding carboxylic acids is 1. The number of methoxy groups -OCH3 is 1. The Morgan fingerprint density at radius 1 is 1.10 bits per heavy atom. The predicted molar refractivity (Wildman–Crippen MR) is 117 cm³/mol. The number of Topliss-reactive ketones (excluding diaryl/α,β-unsaturated/α-hetero) is 1. The van der Waals surface area contributed by atoms with Gasteiger partial charge in [0, 0.05) is 11.0 Å². The van der Waals surface area contributed by atoms with Gasteiger partial charge in [-0.2, -0.15) is 5.26 Å². The first-order valence-electron chi connectivity index (χ1n) is 10.8. The molecule has 4 aliphatic rings. The molecule has 6 rings (SSSR count).